The number of primary amides is 1. The highest BCUT2D eigenvalue weighted by atomic mass is 35.5. The zero-order valence-electron chi connectivity index (χ0n) is 13.2. The minimum atomic E-state index is -0.462. The molecule has 0 radical (unpaired) electrons. The number of halogens is 1. The van der Waals surface area contributed by atoms with Crippen molar-refractivity contribution < 1.29 is 4.79 Å². The normalized spacial score (nSPS) is 10.9. The van der Waals surface area contributed by atoms with Crippen LogP contribution in [0.3, 0.4) is 0 Å². The molecule has 0 aliphatic carbocycles. The van der Waals surface area contributed by atoms with Gasteiger partial charge in [-0.15, -0.1) is 0 Å². The monoisotopic (exact) mass is 347 g/mol. The summed E-state index contributed by atoms with van der Waals surface area (Å²) in [7, 11) is 0. The maximum Gasteiger partial charge on any atom is 0.248 e. The van der Waals surface area contributed by atoms with Gasteiger partial charge in [-0.3, -0.25) is 4.79 Å². The quantitative estimate of drug-likeness (QED) is 0.566. The molecule has 3 N–H and O–H groups in total. The van der Waals surface area contributed by atoms with Crippen molar-refractivity contribution in [2.24, 2.45) is 5.73 Å². The SMILES string of the molecule is NC(=O)c1ccc2[nH]c(-c3ccc(-c4ccccc4Cl)cc3)nc2c1. The molecule has 4 nitrogen and oxygen atoms in total. The van der Waals surface area contributed by atoms with Crippen LogP contribution < -0.4 is 5.73 Å². The first-order valence-electron chi connectivity index (χ1n) is 7.77. The van der Waals surface area contributed by atoms with Crippen molar-refractivity contribution in [1.29, 1.82) is 0 Å². The highest BCUT2D eigenvalue weighted by Crippen LogP contribution is 2.29. The van der Waals surface area contributed by atoms with Gasteiger partial charge in [-0.1, -0.05) is 54.1 Å². The van der Waals surface area contributed by atoms with Gasteiger partial charge in [0.05, 0.1) is 11.0 Å². The molecule has 1 amide bonds. The van der Waals surface area contributed by atoms with Gasteiger partial charge in [0.2, 0.25) is 5.91 Å². The van der Waals surface area contributed by atoms with Crippen LogP contribution in [0.25, 0.3) is 33.5 Å². The van der Waals surface area contributed by atoms with Crippen molar-refractivity contribution in [1.82, 2.24) is 9.97 Å². The van der Waals surface area contributed by atoms with Gasteiger partial charge in [-0.25, -0.2) is 4.98 Å². The molecule has 25 heavy (non-hydrogen) atoms. The molecule has 0 unspecified atom stereocenters. The standard InChI is InChI=1S/C20H14ClN3O/c21-16-4-2-1-3-15(16)12-5-7-13(8-6-12)20-23-17-10-9-14(19(22)25)11-18(17)24-20/h1-11H,(H2,22,25)(H,23,24). The lowest BCUT2D eigenvalue weighted by molar-refractivity contribution is 0.100. The first kappa shape index (κ1) is 15.4. The fourth-order valence-electron chi connectivity index (χ4n) is 2.80. The van der Waals surface area contributed by atoms with E-state index in [1.165, 1.54) is 0 Å². The van der Waals surface area contributed by atoms with Crippen LogP contribution in [0, 0.1) is 0 Å². The number of hydrogen-bond acceptors (Lipinski definition) is 2. The molecule has 4 aromatic rings. The van der Waals surface area contributed by atoms with E-state index in [1.807, 2.05) is 54.6 Å². The van der Waals surface area contributed by atoms with Crippen LogP contribution in [0.1, 0.15) is 10.4 Å². The molecule has 0 fully saturated rings. The number of H-pyrrole nitrogens is 1. The average Bonchev–Trinajstić information content (AvgIpc) is 3.05. The van der Waals surface area contributed by atoms with Gasteiger partial charge in [0.15, 0.2) is 0 Å². The number of carbonyl (C=O) groups is 1. The number of aromatic amines is 1. The fraction of sp³-hybridized carbons (Fsp3) is 0. The Labute approximate surface area is 149 Å². The number of amides is 1. The molecular formula is C20H14ClN3O. The Morgan fingerprint density at radius 2 is 1.68 bits per heavy atom. The van der Waals surface area contributed by atoms with Crippen LogP contribution in [-0.2, 0) is 0 Å². The Morgan fingerprint density at radius 3 is 2.40 bits per heavy atom. The predicted molar refractivity (Wildman–Crippen MR) is 100 cm³/mol. The molecule has 3 aromatic carbocycles. The van der Waals surface area contributed by atoms with Gasteiger partial charge in [0.25, 0.3) is 0 Å². The van der Waals surface area contributed by atoms with Gasteiger partial charge >= 0.3 is 0 Å². The molecular weight excluding hydrogens is 334 g/mol. The van der Waals surface area contributed by atoms with Crippen LogP contribution in [0.4, 0.5) is 0 Å². The third-order valence-electron chi connectivity index (χ3n) is 4.11. The number of fused-ring (bicyclic) bond motifs is 1. The largest absolute Gasteiger partial charge is 0.366 e. The summed E-state index contributed by atoms with van der Waals surface area (Å²) in [4.78, 5) is 19.1. The molecule has 5 heteroatoms. The number of aromatic nitrogens is 2. The van der Waals surface area contributed by atoms with E-state index in [-0.39, 0.29) is 0 Å². The second kappa shape index (κ2) is 6.07. The molecule has 1 aromatic heterocycles. The minimum Gasteiger partial charge on any atom is -0.366 e. The smallest absolute Gasteiger partial charge is 0.248 e. The van der Waals surface area contributed by atoms with Crippen LogP contribution in [0.15, 0.2) is 66.7 Å². The maximum atomic E-state index is 11.3. The van der Waals surface area contributed by atoms with Crippen molar-refractivity contribution in [2.45, 2.75) is 0 Å². The second-order valence-electron chi connectivity index (χ2n) is 5.74. The van der Waals surface area contributed by atoms with Crippen LogP contribution >= 0.6 is 11.6 Å². The summed E-state index contributed by atoms with van der Waals surface area (Å²) in [6.45, 7) is 0. The minimum absolute atomic E-state index is 0.444. The molecule has 0 saturated carbocycles. The van der Waals surface area contributed by atoms with E-state index in [9.17, 15) is 4.79 Å². The lowest BCUT2D eigenvalue weighted by atomic mass is 10.0. The number of nitrogens with one attached hydrogen (secondary N) is 1. The summed E-state index contributed by atoms with van der Waals surface area (Å²) in [5.41, 5.74) is 10.3. The zero-order valence-corrected chi connectivity index (χ0v) is 13.9. The number of imidazole rings is 1. The Balaban J connectivity index is 1.71. The molecule has 0 atom stereocenters. The van der Waals surface area contributed by atoms with Crippen molar-refractivity contribution in [3.63, 3.8) is 0 Å². The molecule has 0 bridgehead atoms. The van der Waals surface area contributed by atoms with Crippen molar-refractivity contribution in [3.8, 4) is 22.5 Å². The average molecular weight is 348 g/mol. The van der Waals surface area contributed by atoms with Gasteiger partial charge in [0.1, 0.15) is 5.82 Å². The first-order valence-corrected chi connectivity index (χ1v) is 8.14. The van der Waals surface area contributed by atoms with Crippen LogP contribution in [0.5, 0.6) is 0 Å². The third kappa shape index (κ3) is 2.88. The lowest BCUT2D eigenvalue weighted by Crippen LogP contribution is -2.10. The van der Waals surface area contributed by atoms with Crippen molar-refractivity contribution >= 4 is 28.5 Å². The summed E-state index contributed by atoms with van der Waals surface area (Å²) in [6.07, 6.45) is 0. The van der Waals surface area contributed by atoms with E-state index in [4.69, 9.17) is 17.3 Å². The summed E-state index contributed by atoms with van der Waals surface area (Å²) >= 11 is 6.25. The third-order valence-corrected chi connectivity index (χ3v) is 4.44. The molecule has 0 spiro atoms. The Morgan fingerprint density at radius 1 is 0.960 bits per heavy atom. The summed E-state index contributed by atoms with van der Waals surface area (Å²) in [6, 6.07) is 20.9. The topological polar surface area (TPSA) is 71.8 Å². The highest BCUT2D eigenvalue weighted by Gasteiger charge is 2.09. The van der Waals surface area contributed by atoms with Crippen molar-refractivity contribution in [3.05, 3.63) is 77.3 Å². The number of nitrogens with two attached hydrogens (primary N) is 1. The van der Waals surface area contributed by atoms with E-state index in [2.05, 4.69) is 9.97 Å². The molecule has 0 aliphatic rings. The highest BCUT2D eigenvalue weighted by molar-refractivity contribution is 6.33. The predicted octanol–water partition coefficient (Wildman–Crippen LogP) is 4.65. The lowest BCUT2D eigenvalue weighted by Gasteiger charge is -2.05. The van der Waals surface area contributed by atoms with E-state index in [0.29, 0.717) is 11.1 Å². The molecule has 1 heterocycles. The Hall–Kier alpha value is -3.11. The molecule has 0 aliphatic heterocycles. The Bertz CT molecular complexity index is 1080. The number of rotatable bonds is 3. The van der Waals surface area contributed by atoms with Gasteiger partial charge < -0.3 is 10.7 Å². The van der Waals surface area contributed by atoms with Crippen molar-refractivity contribution in [2.75, 3.05) is 0 Å². The maximum absolute atomic E-state index is 11.3. The van der Waals surface area contributed by atoms with Gasteiger partial charge in [0, 0.05) is 21.7 Å². The fourth-order valence-corrected chi connectivity index (χ4v) is 3.04. The zero-order chi connectivity index (χ0) is 17.4. The number of benzene rings is 3. The Kier molecular flexibility index (Phi) is 3.75. The molecule has 4 rings (SSSR count). The number of nitrogens with zero attached hydrogens (tertiary/aromatic N) is 1. The molecule has 0 saturated heterocycles. The van der Waals surface area contributed by atoms with E-state index < -0.39 is 5.91 Å². The first-order chi connectivity index (χ1) is 12.1. The summed E-state index contributed by atoms with van der Waals surface area (Å²) < 4.78 is 0. The second-order valence-corrected chi connectivity index (χ2v) is 6.15. The number of hydrogen-bond donors (Lipinski definition) is 2. The van der Waals surface area contributed by atoms with E-state index >= 15 is 0 Å². The van der Waals surface area contributed by atoms with E-state index in [0.717, 1.165) is 33.1 Å². The van der Waals surface area contributed by atoms with E-state index in [1.54, 1.807) is 12.1 Å². The van der Waals surface area contributed by atoms with Gasteiger partial charge in [-0.2, -0.15) is 0 Å². The summed E-state index contributed by atoms with van der Waals surface area (Å²) in [5, 5.41) is 0.720. The van der Waals surface area contributed by atoms with Crippen LogP contribution in [-0.4, -0.2) is 15.9 Å². The molecule has 122 valence electrons. The van der Waals surface area contributed by atoms with Gasteiger partial charge in [-0.05, 0) is 29.8 Å². The summed E-state index contributed by atoms with van der Waals surface area (Å²) in [5.74, 6) is 0.276. The van der Waals surface area contributed by atoms with Crippen LogP contribution in [0.2, 0.25) is 5.02 Å². The number of carbonyl (C=O) groups excluding carboxylic acids is 1.